The van der Waals surface area contributed by atoms with Crippen molar-refractivity contribution in [2.24, 2.45) is 0 Å². The number of methoxy groups -OCH3 is 1. The second-order valence-corrected chi connectivity index (χ2v) is 5.55. The van der Waals surface area contributed by atoms with Crippen LogP contribution in [0.5, 0.6) is 0 Å². The van der Waals surface area contributed by atoms with Gasteiger partial charge in [-0.1, -0.05) is 6.07 Å². The van der Waals surface area contributed by atoms with Crippen LogP contribution in [0.25, 0.3) is 10.9 Å². The standard InChI is InChI=1S/C18H18N4O3/c1-11-8-14-15(21-11)4-3-5-16(14)22-17(23)12-6-7-19-13(9-12)10-20-18(24)25-2/h3-9,21H,10H2,1-2H3,(H,20,24)(H,22,23). The van der Waals surface area contributed by atoms with Crippen LogP contribution in [-0.4, -0.2) is 29.1 Å². The summed E-state index contributed by atoms with van der Waals surface area (Å²) in [5.41, 5.74) is 3.75. The molecule has 2 amide bonds. The molecular weight excluding hydrogens is 320 g/mol. The third-order valence-corrected chi connectivity index (χ3v) is 3.73. The number of pyridine rings is 1. The molecule has 7 nitrogen and oxygen atoms in total. The minimum atomic E-state index is -0.550. The van der Waals surface area contributed by atoms with Crippen LogP contribution in [0.4, 0.5) is 10.5 Å². The molecule has 0 saturated carbocycles. The van der Waals surface area contributed by atoms with Gasteiger partial charge in [0.05, 0.1) is 25.0 Å². The van der Waals surface area contributed by atoms with E-state index in [0.717, 1.165) is 22.3 Å². The maximum absolute atomic E-state index is 12.5. The number of rotatable bonds is 4. The number of aryl methyl sites for hydroxylation is 1. The van der Waals surface area contributed by atoms with E-state index in [1.807, 2.05) is 31.2 Å². The Morgan fingerprint density at radius 3 is 2.88 bits per heavy atom. The Bertz CT molecular complexity index is 933. The zero-order valence-electron chi connectivity index (χ0n) is 13.9. The predicted molar refractivity (Wildman–Crippen MR) is 94.5 cm³/mol. The molecule has 7 heteroatoms. The van der Waals surface area contributed by atoms with Crippen LogP contribution < -0.4 is 10.6 Å². The smallest absolute Gasteiger partial charge is 0.407 e. The van der Waals surface area contributed by atoms with Crippen molar-refractivity contribution in [3.05, 3.63) is 59.5 Å². The molecule has 1 aromatic carbocycles. The highest BCUT2D eigenvalue weighted by Gasteiger charge is 2.11. The van der Waals surface area contributed by atoms with E-state index in [1.54, 1.807) is 12.1 Å². The van der Waals surface area contributed by atoms with Crippen LogP contribution in [0.1, 0.15) is 21.7 Å². The fourth-order valence-corrected chi connectivity index (χ4v) is 2.55. The van der Waals surface area contributed by atoms with E-state index in [0.29, 0.717) is 11.3 Å². The van der Waals surface area contributed by atoms with Gasteiger partial charge in [-0.25, -0.2) is 4.79 Å². The number of carbonyl (C=O) groups excluding carboxylic acids is 2. The van der Waals surface area contributed by atoms with Crippen LogP contribution in [0.3, 0.4) is 0 Å². The summed E-state index contributed by atoms with van der Waals surface area (Å²) < 4.78 is 4.51. The van der Waals surface area contributed by atoms with Crippen molar-refractivity contribution in [2.75, 3.05) is 12.4 Å². The van der Waals surface area contributed by atoms with E-state index in [4.69, 9.17) is 0 Å². The van der Waals surface area contributed by atoms with Gasteiger partial charge in [0.2, 0.25) is 0 Å². The number of ether oxygens (including phenoxy) is 1. The van der Waals surface area contributed by atoms with E-state index in [9.17, 15) is 9.59 Å². The summed E-state index contributed by atoms with van der Waals surface area (Å²) in [6.07, 6.45) is 0.982. The molecule has 0 fully saturated rings. The molecule has 2 aromatic heterocycles. The number of carbonyl (C=O) groups is 2. The van der Waals surface area contributed by atoms with E-state index < -0.39 is 6.09 Å². The molecule has 0 unspecified atom stereocenters. The topological polar surface area (TPSA) is 96.1 Å². The Balaban J connectivity index is 1.77. The van der Waals surface area contributed by atoms with Crippen molar-refractivity contribution in [2.45, 2.75) is 13.5 Å². The Labute approximate surface area is 144 Å². The fourth-order valence-electron chi connectivity index (χ4n) is 2.55. The quantitative estimate of drug-likeness (QED) is 0.681. The molecule has 0 aliphatic rings. The van der Waals surface area contributed by atoms with Gasteiger partial charge in [-0.3, -0.25) is 9.78 Å². The van der Waals surface area contributed by atoms with Gasteiger partial charge in [-0.2, -0.15) is 0 Å². The molecule has 0 bridgehead atoms. The van der Waals surface area contributed by atoms with Gasteiger partial charge >= 0.3 is 6.09 Å². The molecule has 0 spiro atoms. The van der Waals surface area contributed by atoms with E-state index in [-0.39, 0.29) is 12.5 Å². The number of fused-ring (bicyclic) bond motifs is 1. The number of nitrogens with one attached hydrogen (secondary N) is 3. The summed E-state index contributed by atoms with van der Waals surface area (Å²) in [4.78, 5) is 31.1. The van der Waals surface area contributed by atoms with Crippen molar-refractivity contribution in [3.63, 3.8) is 0 Å². The van der Waals surface area contributed by atoms with Gasteiger partial charge in [0, 0.05) is 28.4 Å². The number of aromatic amines is 1. The first-order valence-corrected chi connectivity index (χ1v) is 7.73. The number of nitrogens with zero attached hydrogens (tertiary/aromatic N) is 1. The summed E-state index contributed by atoms with van der Waals surface area (Å²) >= 11 is 0. The highest BCUT2D eigenvalue weighted by molar-refractivity contribution is 6.08. The van der Waals surface area contributed by atoms with Crippen molar-refractivity contribution in [3.8, 4) is 0 Å². The zero-order valence-corrected chi connectivity index (χ0v) is 13.9. The fraction of sp³-hybridized carbons (Fsp3) is 0.167. The first-order valence-electron chi connectivity index (χ1n) is 7.73. The Hall–Kier alpha value is -3.35. The van der Waals surface area contributed by atoms with Gasteiger partial charge in [0.25, 0.3) is 5.91 Å². The molecule has 3 N–H and O–H groups in total. The summed E-state index contributed by atoms with van der Waals surface area (Å²) in [5, 5.41) is 6.40. The van der Waals surface area contributed by atoms with Crippen LogP contribution in [-0.2, 0) is 11.3 Å². The number of aromatic nitrogens is 2. The summed E-state index contributed by atoms with van der Waals surface area (Å²) in [6.45, 7) is 2.15. The molecule has 3 aromatic rings. The number of alkyl carbamates (subject to hydrolysis) is 1. The molecule has 0 radical (unpaired) electrons. The Morgan fingerprint density at radius 2 is 2.08 bits per heavy atom. The first kappa shape index (κ1) is 16.5. The number of H-pyrrole nitrogens is 1. The molecule has 0 saturated heterocycles. The highest BCUT2D eigenvalue weighted by atomic mass is 16.5. The monoisotopic (exact) mass is 338 g/mol. The number of hydrogen-bond acceptors (Lipinski definition) is 4. The maximum atomic E-state index is 12.5. The van der Waals surface area contributed by atoms with Crippen LogP contribution in [0, 0.1) is 6.92 Å². The molecule has 0 aliphatic heterocycles. The Morgan fingerprint density at radius 1 is 1.24 bits per heavy atom. The first-order chi connectivity index (χ1) is 12.1. The van der Waals surface area contributed by atoms with Gasteiger partial charge in [-0.15, -0.1) is 0 Å². The average Bonchev–Trinajstić information content (AvgIpc) is 3.01. The third-order valence-electron chi connectivity index (χ3n) is 3.73. The summed E-state index contributed by atoms with van der Waals surface area (Å²) in [5.74, 6) is -0.243. The van der Waals surface area contributed by atoms with Gasteiger partial charge in [0.15, 0.2) is 0 Å². The second-order valence-electron chi connectivity index (χ2n) is 5.55. The summed E-state index contributed by atoms with van der Waals surface area (Å²) in [6, 6.07) is 10.9. The van der Waals surface area contributed by atoms with Crippen LogP contribution in [0.15, 0.2) is 42.6 Å². The predicted octanol–water partition coefficient (Wildman–Crippen LogP) is 2.98. The second kappa shape index (κ2) is 7.04. The van der Waals surface area contributed by atoms with Crippen LogP contribution in [0.2, 0.25) is 0 Å². The lowest BCUT2D eigenvalue weighted by Crippen LogP contribution is -2.23. The van der Waals surface area contributed by atoms with Gasteiger partial charge in [0.1, 0.15) is 0 Å². The SMILES string of the molecule is COC(=O)NCc1cc(C(=O)Nc2cccc3[nH]c(C)cc23)ccn1. The van der Waals surface area contributed by atoms with E-state index in [2.05, 4.69) is 25.3 Å². The molecule has 25 heavy (non-hydrogen) atoms. The number of anilines is 1. The average molecular weight is 338 g/mol. The zero-order chi connectivity index (χ0) is 17.8. The number of amides is 2. The number of hydrogen-bond donors (Lipinski definition) is 3. The lowest BCUT2D eigenvalue weighted by atomic mass is 10.1. The Kier molecular flexibility index (Phi) is 4.65. The lowest BCUT2D eigenvalue weighted by molar-refractivity contribution is 0.102. The van der Waals surface area contributed by atoms with Gasteiger partial charge < -0.3 is 20.4 Å². The van der Waals surface area contributed by atoms with Crippen LogP contribution >= 0.6 is 0 Å². The van der Waals surface area contributed by atoms with Crippen molar-refractivity contribution < 1.29 is 14.3 Å². The van der Waals surface area contributed by atoms with Crippen molar-refractivity contribution in [1.82, 2.24) is 15.3 Å². The minimum absolute atomic E-state index is 0.181. The lowest BCUT2D eigenvalue weighted by Gasteiger charge is -2.08. The molecule has 0 atom stereocenters. The maximum Gasteiger partial charge on any atom is 0.407 e. The normalized spacial score (nSPS) is 10.5. The molecule has 128 valence electrons. The summed E-state index contributed by atoms with van der Waals surface area (Å²) in [7, 11) is 1.29. The molecule has 3 rings (SSSR count). The largest absolute Gasteiger partial charge is 0.453 e. The van der Waals surface area contributed by atoms with E-state index >= 15 is 0 Å². The highest BCUT2D eigenvalue weighted by Crippen LogP contribution is 2.24. The minimum Gasteiger partial charge on any atom is -0.453 e. The van der Waals surface area contributed by atoms with Crippen molar-refractivity contribution >= 4 is 28.6 Å². The van der Waals surface area contributed by atoms with E-state index in [1.165, 1.54) is 13.3 Å². The third kappa shape index (κ3) is 3.77. The molecule has 0 aliphatic carbocycles. The molecular formula is C18H18N4O3. The molecule has 2 heterocycles. The van der Waals surface area contributed by atoms with Gasteiger partial charge in [-0.05, 0) is 37.3 Å². The van der Waals surface area contributed by atoms with Crippen molar-refractivity contribution in [1.29, 1.82) is 0 Å². The number of benzene rings is 1.